The average molecular weight is 341 g/mol. The second kappa shape index (κ2) is 7.83. The molecule has 2 aromatic carbocycles. The molecule has 2 atom stereocenters. The molecule has 0 spiro atoms. The number of hydrogen-bond donors (Lipinski definition) is 3. The Morgan fingerprint density at radius 1 is 1.12 bits per heavy atom. The minimum Gasteiger partial charge on any atom is -0.351 e. The van der Waals surface area contributed by atoms with E-state index in [2.05, 4.69) is 77.9 Å². The lowest BCUT2D eigenvalue weighted by atomic mass is 10.0. The van der Waals surface area contributed by atoms with Crippen LogP contribution in [0.25, 0.3) is 0 Å². The molecule has 1 saturated heterocycles. The van der Waals surface area contributed by atoms with Crippen molar-refractivity contribution in [2.24, 2.45) is 0 Å². The Hall–Kier alpha value is -1.82. The molecule has 4 nitrogen and oxygen atoms in total. The highest BCUT2D eigenvalue weighted by molar-refractivity contribution is 7.98. The maximum Gasteiger partial charge on any atom is 0.238 e. The van der Waals surface area contributed by atoms with Crippen LogP contribution in [0.2, 0.25) is 0 Å². The van der Waals surface area contributed by atoms with E-state index >= 15 is 0 Å². The summed E-state index contributed by atoms with van der Waals surface area (Å²) < 4.78 is 0. The molecule has 0 radical (unpaired) electrons. The molecule has 24 heavy (non-hydrogen) atoms. The Bertz CT molecular complexity index is 685. The minimum absolute atomic E-state index is 0.0334. The van der Waals surface area contributed by atoms with E-state index in [1.165, 1.54) is 16.0 Å². The van der Waals surface area contributed by atoms with E-state index in [0.29, 0.717) is 6.54 Å². The Kier molecular flexibility index (Phi) is 5.56. The number of hydrazine groups is 1. The van der Waals surface area contributed by atoms with Crippen molar-refractivity contribution >= 4 is 17.7 Å². The summed E-state index contributed by atoms with van der Waals surface area (Å²) >= 11 is 1.72. The zero-order valence-corrected chi connectivity index (χ0v) is 14.8. The number of benzene rings is 2. The van der Waals surface area contributed by atoms with Gasteiger partial charge in [0.15, 0.2) is 0 Å². The second-order valence-electron chi connectivity index (χ2n) is 6.11. The van der Waals surface area contributed by atoms with Crippen LogP contribution in [0, 0.1) is 6.92 Å². The van der Waals surface area contributed by atoms with Gasteiger partial charge >= 0.3 is 0 Å². The lowest BCUT2D eigenvalue weighted by Crippen LogP contribution is -2.42. The number of carbonyl (C=O) groups excluding carboxylic acids is 1. The Morgan fingerprint density at radius 2 is 1.83 bits per heavy atom. The van der Waals surface area contributed by atoms with Crippen molar-refractivity contribution in [2.75, 3.05) is 6.26 Å². The standard InChI is InChI=1S/C19H23N3OS/c1-13-3-7-15(8-4-13)17-11-18(22-21-17)19(23)20-12-14-5-9-16(24-2)10-6-14/h3-10,17-18,21-22H,11-12H2,1-2H3,(H,20,23). The maximum absolute atomic E-state index is 12.4. The summed E-state index contributed by atoms with van der Waals surface area (Å²) in [6.07, 6.45) is 2.81. The Balaban J connectivity index is 1.51. The molecule has 3 N–H and O–H groups in total. The fourth-order valence-corrected chi connectivity index (χ4v) is 3.21. The van der Waals surface area contributed by atoms with E-state index in [9.17, 15) is 4.79 Å². The van der Waals surface area contributed by atoms with Crippen molar-refractivity contribution in [3.05, 3.63) is 65.2 Å². The van der Waals surface area contributed by atoms with E-state index in [0.717, 1.165) is 12.0 Å². The topological polar surface area (TPSA) is 53.2 Å². The summed E-state index contributed by atoms with van der Waals surface area (Å²) in [5.41, 5.74) is 9.89. The first-order valence-electron chi connectivity index (χ1n) is 8.14. The summed E-state index contributed by atoms with van der Waals surface area (Å²) in [5.74, 6) is 0.0334. The van der Waals surface area contributed by atoms with Crippen LogP contribution in [-0.4, -0.2) is 18.2 Å². The molecule has 3 rings (SSSR count). The summed E-state index contributed by atoms with van der Waals surface area (Å²) in [7, 11) is 0. The monoisotopic (exact) mass is 341 g/mol. The summed E-state index contributed by atoms with van der Waals surface area (Å²) in [6.45, 7) is 2.63. The minimum atomic E-state index is -0.207. The highest BCUT2D eigenvalue weighted by Gasteiger charge is 2.29. The molecular weight excluding hydrogens is 318 g/mol. The normalized spacial score (nSPS) is 20.1. The first-order valence-corrected chi connectivity index (χ1v) is 9.36. The third-order valence-electron chi connectivity index (χ3n) is 4.33. The zero-order valence-electron chi connectivity index (χ0n) is 14.0. The van der Waals surface area contributed by atoms with Crippen molar-refractivity contribution in [1.29, 1.82) is 0 Å². The van der Waals surface area contributed by atoms with E-state index in [4.69, 9.17) is 0 Å². The van der Waals surface area contributed by atoms with E-state index < -0.39 is 0 Å². The predicted molar refractivity (Wildman–Crippen MR) is 98.7 cm³/mol. The van der Waals surface area contributed by atoms with Gasteiger partial charge in [0.1, 0.15) is 6.04 Å². The van der Waals surface area contributed by atoms with E-state index in [1.807, 2.05) is 0 Å². The van der Waals surface area contributed by atoms with Crippen LogP contribution in [0.5, 0.6) is 0 Å². The molecule has 1 heterocycles. The molecule has 0 saturated carbocycles. The van der Waals surface area contributed by atoms with Gasteiger partial charge in [0.05, 0.1) is 0 Å². The first kappa shape index (κ1) is 17.0. The predicted octanol–water partition coefficient (Wildman–Crippen LogP) is 2.94. The van der Waals surface area contributed by atoms with Gasteiger partial charge in [-0.1, -0.05) is 42.0 Å². The summed E-state index contributed by atoms with van der Waals surface area (Å²) in [6, 6.07) is 16.7. The number of rotatable bonds is 5. The Morgan fingerprint density at radius 3 is 2.50 bits per heavy atom. The number of thioether (sulfide) groups is 1. The summed E-state index contributed by atoms with van der Waals surface area (Å²) in [5, 5.41) is 3.01. The van der Waals surface area contributed by atoms with Crippen LogP contribution in [0.3, 0.4) is 0 Å². The van der Waals surface area contributed by atoms with Gasteiger partial charge in [-0.2, -0.15) is 0 Å². The highest BCUT2D eigenvalue weighted by atomic mass is 32.2. The number of carbonyl (C=O) groups is 1. The number of hydrogen-bond acceptors (Lipinski definition) is 4. The molecule has 5 heteroatoms. The van der Waals surface area contributed by atoms with E-state index in [1.54, 1.807) is 11.8 Å². The van der Waals surface area contributed by atoms with Crippen LogP contribution in [-0.2, 0) is 11.3 Å². The van der Waals surface area contributed by atoms with Crippen LogP contribution in [0.1, 0.15) is 29.2 Å². The van der Waals surface area contributed by atoms with E-state index in [-0.39, 0.29) is 18.0 Å². The molecule has 0 bridgehead atoms. The van der Waals surface area contributed by atoms with Gasteiger partial charge in [0, 0.05) is 17.5 Å². The average Bonchev–Trinajstić information content (AvgIpc) is 3.11. The van der Waals surface area contributed by atoms with Gasteiger partial charge in [-0.05, 0) is 42.9 Å². The first-order chi connectivity index (χ1) is 11.7. The third-order valence-corrected chi connectivity index (χ3v) is 5.07. The fraction of sp³-hybridized carbons (Fsp3) is 0.316. The molecule has 126 valence electrons. The van der Waals surface area contributed by atoms with Gasteiger partial charge in [-0.3, -0.25) is 4.79 Å². The maximum atomic E-state index is 12.4. The number of aryl methyl sites for hydroxylation is 1. The van der Waals surface area contributed by atoms with Gasteiger partial charge in [0.2, 0.25) is 5.91 Å². The van der Waals surface area contributed by atoms with Gasteiger partial charge in [0.25, 0.3) is 0 Å². The van der Waals surface area contributed by atoms with Crippen molar-refractivity contribution in [3.8, 4) is 0 Å². The van der Waals surface area contributed by atoms with Crippen molar-refractivity contribution in [2.45, 2.75) is 36.9 Å². The SMILES string of the molecule is CSc1ccc(CNC(=O)C2CC(c3ccc(C)cc3)NN2)cc1. The molecule has 0 aliphatic carbocycles. The Labute approximate surface area is 147 Å². The molecule has 1 amide bonds. The lowest BCUT2D eigenvalue weighted by Gasteiger charge is -2.11. The largest absolute Gasteiger partial charge is 0.351 e. The van der Waals surface area contributed by atoms with Crippen LogP contribution >= 0.6 is 11.8 Å². The number of amides is 1. The highest BCUT2D eigenvalue weighted by Crippen LogP contribution is 2.22. The molecular formula is C19H23N3OS. The zero-order chi connectivity index (χ0) is 16.9. The van der Waals surface area contributed by atoms with Gasteiger partial charge in [-0.15, -0.1) is 11.8 Å². The van der Waals surface area contributed by atoms with Crippen molar-refractivity contribution in [3.63, 3.8) is 0 Å². The molecule has 1 aliphatic heterocycles. The fourth-order valence-electron chi connectivity index (χ4n) is 2.80. The van der Waals surface area contributed by atoms with Crippen LogP contribution in [0.15, 0.2) is 53.4 Å². The smallest absolute Gasteiger partial charge is 0.238 e. The van der Waals surface area contributed by atoms with Crippen molar-refractivity contribution in [1.82, 2.24) is 16.2 Å². The molecule has 2 aromatic rings. The quantitative estimate of drug-likeness (QED) is 0.732. The third kappa shape index (κ3) is 4.17. The van der Waals surface area contributed by atoms with Gasteiger partial charge in [-0.25, -0.2) is 10.9 Å². The number of nitrogens with one attached hydrogen (secondary N) is 3. The van der Waals surface area contributed by atoms with Crippen LogP contribution in [0.4, 0.5) is 0 Å². The van der Waals surface area contributed by atoms with Crippen molar-refractivity contribution < 1.29 is 4.79 Å². The lowest BCUT2D eigenvalue weighted by molar-refractivity contribution is -0.123. The molecule has 1 fully saturated rings. The molecule has 2 unspecified atom stereocenters. The molecule has 1 aliphatic rings. The van der Waals surface area contributed by atoms with Crippen LogP contribution < -0.4 is 16.2 Å². The van der Waals surface area contributed by atoms with Gasteiger partial charge < -0.3 is 5.32 Å². The second-order valence-corrected chi connectivity index (χ2v) is 6.99. The molecule has 0 aromatic heterocycles. The summed E-state index contributed by atoms with van der Waals surface area (Å²) in [4.78, 5) is 13.6.